The molecule has 78 valence electrons. The minimum absolute atomic E-state index is 0.0125. The average molecular weight is 208 g/mol. The summed E-state index contributed by atoms with van der Waals surface area (Å²) in [5.41, 5.74) is 5.17. The molecular formula is C7H16N2O3S. The number of rotatable bonds is 6. The van der Waals surface area contributed by atoms with Crippen LogP contribution in [-0.2, 0) is 14.8 Å². The maximum absolute atomic E-state index is 11.0. The van der Waals surface area contributed by atoms with Gasteiger partial charge in [0.2, 0.25) is 15.9 Å². The van der Waals surface area contributed by atoms with Crippen molar-refractivity contribution < 1.29 is 13.2 Å². The molecule has 13 heavy (non-hydrogen) atoms. The number of nitrogens with two attached hydrogens (primary N) is 1. The SMILES string of the molecule is CCCS(=O)(=O)NC(=O)CCCN. The van der Waals surface area contributed by atoms with Crippen LogP contribution >= 0.6 is 0 Å². The summed E-state index contributed by atoms with van der Waals surface area (Å²) in [5.74, 6) is -0.486. The van der Waals surface area contributed by atoms with Gasteiger partial charge >= 0.3 is 0 Å². The van der Waals surface area contributed by atoms with Crippen LogP contribution in [0.1, 0.15) is 26.2 Å². The number of carbonyl (C=O) groups is 1. The molecule has 0 spiro atoms. The van der Waals surface area contributed by atoms with Gasteiger partial charge in [0.15, 0.2) is 0 Å². The van der Waals surface area contributed by atoms with Crippen molar-refractivity contribution in [3.05, 3.63) is 0 Å². The fourth-order valence-electron chi connectivity index (χ4n) is 0.807. The number of amides is 1. The average Bonchev–Trinajstić information content (AvgIpc) is 1.99. The molecule has 0 aromatic rings. The van der Waals surface area contributed by atoms with E-state index in [-0.39, 0.29) is 12.2 Å². The number of nitrogens with one attached hydrogen (secondary N) is 1. The van der Waals surface area contributed by atoms with Crippen molar-refractivity contribution >= 4 is 15.9 Å². The predicted octanol–water partition coefficient (Wildman–Crippen LogP) is -0.419. The van der Waals surface area contributed by atoms with Crippen LogP contribution in [0.25, 0.3) is 0 Å². The Kier molecular flexibility index (Phi) is 5.65. The normalized spacial score (nSPS) is 11.2. The zero-order valence-electron chi connectivity index (χ0n) is 7.75. The van der Waals surface area contributed by atoms with Crippen LogP contribution in [0.15, 0.2) is 0 Å². The van der Waals surface area contributed by atoms with Gasteiger partial charge in [0.05, 0.1) is 5.75 Å². The molecule has 0 aromatic carbocycles. The Morgan fingerprint density at radius 1 is 1.46 bits per heavy atom. The number of hydrogen-bond acceptors (Lipinski definition) is 4. The molecule has 5 nitrogen and oxygen atoms in total. The van der Waals surface area contributed by atoms with Crippen molar-refractivity contribution in [3.63, 3.8) is 0 Å². The lowest BCUT2D eigenvalue weighted by molar-refractivity contribution is -0.119. The smallest absolute Gasteiger partial charge is 0.234 e. The lowest BCUT2D eigenvalue weighted by Crippen LogP contribution is -2.32. The van der Waals surface area contributed by atoms with E-state index in [1.807, 2.05) is 4.72 Å². The molecule has 0 aliphatic carbocycles. The first kappa shape index (κ1) is 12.4. The lowest BCUT2D eigenvalue weighted by Gasteiger charge is -2.04. The molecule has 0 aromatic heterocycles. The molecule has 3 N–H and O–H groups in total. The summed E-state index contributed by atoms with van der Waals surface area (Å²) >= 11 is 0. The summed E-state index contributed by atoms with van der Waals surface area (Å²) in [4.78, 5) is 10.9. The van der Waals surface area contributed by atoms with Crippen LogP contribution in [0.4, 0.5) is 0 Å². The van der Waals surface area contributed by atoms with Gasteiger partial charge in [0, 0.05) is 6.42 Å². The summed E-state index contributed by atoms with van der Waals surface area (Å²) in [5, 5.41) is 0. The Morgan fingerprint density at radius 2 is 2.08 bits per heavy atom. The molecule has 0 fully saturated rings. The van der Waals surface area contributed by atoms with E-state index in [2.05, 4.69) is 0 Å². The Morgan fingerprint density at radius 3 is 2.54 bits per heavy atom. The third-order valence-corrected chi connectivity index (χ3v) is 2.83. The van der Waals surface area contributed by atoms with Gasteiger partial charge in [0.25, 0.3) is 0 Å². The highest BCUT2D eigenvalue weighted by Crippen LogP contribution is 1.92. The maximum atomic E-state index is 11.0. The zero-order chi connectivity index (χ0) is 10.3. The predicted molar refractivity (Wildman–Crippen MR) is 50.5 cm³/mol. The van der Waals surface area contributed by atoms with Gasteiger partial charge in [-0.3, -0.25) is 9.52 Å². The van der Waals surface area contributed by atoms with E-state index in [1.54, 1.807) is 6.92 Å². The van der Waals surface area contributed by atoms with E-state index in [4.69, 9.17) is 5.73 Å². The highest BCUT2D eigenvalue weighted by Gasteiger charge is 2.12. The topological polar surface area (TPSA) is 89.3 Å². The van der Waals surface area contributed by atoms with Gasteiger partial charge in [-0.2, -0.15) is 0 Å². The Hall–Kier alpha value is -0.620. The highest BCUT2D eigenvalue weighted by molar-refractivity contribution is 7.90. The largest absolute Gasteiger partial charge is 0.330 e. The molecule has 0 saturated carbocycles. The molecule has 1 amide bonds. The fourth-order valence-corrected chi connectivity index (χ4v) is 1.90. The summed E-state index contributed by atoms with van der Waals surface area (Å²) in [7, 11) is -3.40. The first-order chi connectivity index (χ1) is 6.02. The van der Waals surface area contributed by atoms with Gasteiger partial charge in [-0.25, -0.2) is 8.42 Å². The highest BCUT2D eigenvalue weighted by atomic mass is 32.2. The van der Waals surface area contributed by atoms with Crippen molar-refractivity contribution in [2.45, 2.75) is 26.2 Å². The minimum atomic E-state index is -3.40. The van der Waals surface area contributed by atoms with Gasteiger partial charge in [-0.15, -0.1) is 0 Å². The van der Waals surface area contributed by atoms with Crippen LogP contribution in [0.3, 0.4) is 0 Å². The van der Waals surface area contributed by atoms with Crippen LogP contribution < -0.4 is 10.5 Å². The second-order valence-electron chi connectivity index (χ2n) is 2.74. The summed E-state index contributed by atoms with van der Waals surface area (Å²) in [6.07, 6.45) is 1.17. The molecule has 0 heterocycles. The summed E-state index contributed by atoms with van der Waals surface area (Å²) in [6.45, 7) is 2.13. The molecule has 0 aliphatic heterocycles. The van der Waals surface area contributed by atoms with Crippen LogP contribution in [0, 0.1) is 0 Å². The van der Waals surface area contributed by atoms with Gasteiger partial charge < -0.3 is 5.73 Å². The molecule has 0 radical (unpaired) electrons. The quantitative estimate of drug-likeness (QED) is 0.620. The van der Waals surface area contributed by atoms with Crippen molar-refractivity contribution in [3.8, 4) is 0 Å². The maximum Gasteiger partial charge on any atom is 0.234 e. The zero-order valence-corrected chi connectivity index (χ0v) is 8.56. The first-order valence-corrected chi connectivity index (χ1v) is 5.90. The van der Waals surface area contributed by atoms with Gasteiger partial charge in [0.1, 0.15) is 0 Å². The van der Waals surface area contributed by atoms with Crippen molar-refractivity contribution in [1.82, 2.24) is 4.72 Å². The van der Waals surface area contributed by atoms with E-state index >= 15 is 0 Å². The Balaban J connectivity index is 3.90. The standard InChI is InChI=1S/C7H16N2O3S/c1-2-6-13(11,12)9-7(10)4-3-5-8/h2-6,8H2,1H3,(H,9,10). The molecule has 0 rings (SSSR count). The molecule has 6 heteroatoms. The van der Waals surface area contributed by atoms with Crippen molar-refractivity contribution in [2.75, 3.05) is 12.3 Å². The van der Waals surface area contributed by atoms with Crippen LogP contribution in [-0.4, -0.2) is 26.6 Å². The fraction of sp³-hybridized carbons (Fsp3) is 0.857. The molecule has 0 atom stereocenters. The molecule has 0 bridgehead atoms. The molecular weight excluding hydrogens is 192 g/mol. The third kappa shape index (κ3) is 6.53. The van der Waals surface area contributed by atoms with Crippen LogP contribution in [0.2, 0.25) is 0 Å². The minimum Gasteiger partial charge on any atom is -0.330 e. The third-order valence-electron chi connectivity index (χ3n) is 1.35. The molecule has 0 unspecified atom stereocenters. The van der Waals surface area contributed by atoms with E-state index < -0.39 is 15.9 Å². The summed E-state index contributed by atoms with van der Waals surface area (Å²) in [6, 6.07) is 0. The second-order valence-corrected chi connectivity index (χ2v) is 4.58. The number of sulfonamides is 1. The number of carbonyl (C=O) groups excluding carboxylic acids is 1. The molecule has 0 aliphatic rings. The summed E-state index contributed by atoms with van der Waals surface area (Å²) < 4.78 is 24.1. The van der Waals surface area contributed by atoms with Crippen molar-refractivity contribution in [1.29, 1.82) is 0 Å². The van der Waals surface area contributed by atoms with E-state index in [1.165, 1.54) is 0 Å². The number of hydrogen-bond donors (Lipinski definition) is 2. The Bertz CT molecular complexity index is 248. The van der Waals surface area contributed by atoms with Gasteiger partial charge in [-0.05, 0) is 19.4 Å². The van der Waals surface area contributed by atoms with E-state index in [0.717, 1.165) is 0 Å². The molecule has 0 saturated heterocycles. The van der Waals surface area contributed by atoms with Crippen LogP contribution in [0.5, 0.6) is 0 Å². The van der Waals surface area contributed by atoms with E-state index in [0.29, 0.717) is 19.4 Å². The van der Waals surface area contributed by atoms with Gasteiger partial charge in [-0.1, -0.05) is 6.92 Å². The Labute approximate surface area is 78.7 Å². The first-order valence-electron chi connectivity index (χ1n) is 4.25. The van der Waals surface area contributed by atoms with Crippen molar-refractivity contribution in [2.24, 2.45) is 5.73 Å². The van der Waals surface area contributed by atoms with E-state index in [9.17, 15) is 13.2 Å². The second kappa shape index (κ2) is 5.93. The monoisotopic (exact) mass is 208 g/mol. The lowest BCUT2D eigenvalue weighted by atomic mass is 10.3.